The van der Waals surface area contributed by atoms with Crippen LogP contribution >= 0.6 is 15.9 Å². The minimum Gasteiger partial charge on any atom is -0.381 e. The summed E-state index contributed by atoms with van der Waals surface area (Å²) in [4.78, 5) is 0. The van der Waals surface area contributed by atoms with Crippen molar-refractivity contribution >= 4 is 15.9 Å². The zero-order chi connectivity index (χ0) is 12.5. The van der Waals surface area contributed by atoms with Crippen LogP contribution in [0.4, 0.5) is 0 Å². The maximum absolute atomic E-state index is 6.50. The Kier molecular flexibility index (Phi) is 4.03. The first kappa shape index (κ1) is 13.4. The summed E-state index contributed by atoms with van der Waals surface area (Å²) in [6.07, 6.45) is 12.2. The smallest absolute Gasteiger partial charge is 0.0687 e. The molecule has 3 fully saturated rings. The fraction of sp³-hybridized carbons (Fsp3) is 1.00. The van der Waals surface area contributed by atoms with E-state index in [1.54, 1.807) is 0 Å². The van der Waals surface area contributed by atoms with E-state index in [1.807, 2.05) is 0 Å². The average molecular weight is 317 g/mol. The Bertz CT molecular complexity index is 280. The van der Waals surface area contributed by atoms with Gasteiger partial charge in [0, 0.05) is 17.4 Å². The number of rotatable bonds is 3. The van der Waals surface area contributed by atoms with Crippen molar-refractivity contribution in [1.82, 2.24) is 0 Å². The van der Waals surface area contributed by atoms with E-state index >= 15 is 0 Å². The lowest BCUT2D eigenvalue weighted by molar-refractivity contribution is -0.0756. The molecule has 2 nitrogen and oxygen atoms in total. The summed E-state index contributed by atoms with van der Waals surface area (Å²) in [5.74, 6) is 0. The van der Waals surface area contributed by atoms with E-state index in [4.69, 9.17) is 9.47 Å². The van der Waals surface area contributed by atoms with Crippen LogP contribution in [0, 0.1) is 5.41 Å². The fourth-order valence-electron chi connectivity index (χ4n) is 4.06. The zero-order valence-corrected chi connectivity index (χ0v) is 12.8. The van der Waals surface area contributed by atoms with E-state index in [0.717, 1.165) is 18.5 Å². The summed E-state index contributed by atoms with van der Waals surface area (Å²) in [6.45, 7) is 1.86. The minimum absolute atomic E-state index is 0.274. The molecular formula is C15H25BrO2. The lowest BCUT2D eigenvalue weighted by Gasteiger charge is -2.35. The first-order chi connectivity index (χ1) is 8.76. The largest absolute Gasteiger partial charge is 0.381 e. The molecule has 0 amide bonds. The van der Waals surface area contributed by atoms with Crippen LogP contribution in [0.2, 0.25) is 0 Å². The fourth-order valence-corrected chi connectivity index (χ4v) is 4.73. The Hall–Kier alpha value is 0.400. The standard InChI is InChI=1S/C15H25BrO2/c16-11-14(8-9-17-12-14)10-13-4-7-15(18-13)5-2-1-3-6-15/h13H,1-12H2. The monoisotopic (exact) mass is 316 g/mol. The third-order valence-corrected chi connectivity index (χ3v) is 6.42. The van der Waals surface area contributed by atoms with Crippen LogP contribution in [0.3, 0.4) is 0 Å². The van der Waals surface area contributed by atoms with Gasteiger partial charge in [0.1, 0.15) is 0 Å². The molecule has 1 saturated carbocycles. The van der Waals surface area contributed by atoms with E-state index in [2.05, 4.69) is 15.9 Å². The summed E-state index contributed by atoms with van der Waals surface area (Å²) in [5, 5.41) is 1.06. The van der Waals surface area contributed by atoms with Gasteiger partial charge in [-0.2, -0.15) is 0 Å². The molecule has 0 aromatic carbocycles. The quantitative estimate of drug-likeness (QED) is 0.731. The van der Waals surface area contributed by atoms with Gasteiger partial charge in [-0.25, -0.2) is 0 Å². The Morgan fingerprint density at radius 3 is 2.56 bits per heavy atom. The second kappa shape index (κ2) is 5.41. The van der Waals surface area contributed by atoms with Crippen LogP contribution in [-0.4, -0.2) is 30.2 Å². The Balaban J connectivity index is 1.58. The lowest BCUT2D eigenvalue weighted by Crippen LogP contribution is -2.34. The molecule has 2 aliphatic heterocycles. The maximum Gasteiger partial charge on any atom is 0.0687 e. The van der Waals surface area contributed by atoms with Gasteiger partial charge in [0.2, 0.25) is 0 Å². The van der Waals surface area contributed by atoms with Gasteiger partial charge in [0.05, 0.1) is 18.3 Å². The van der Waals surface area contributed by atoms with Crippen LogP contribution in [0.1, 0.15) is 57.8 Å². The highest BCUT2D eigenvalue weighted by Gasteiger charge is 2.44. The molecule has 18 heavy (non-hydrogen) atoms. The summed E-state index contributed by atoms with van der Waals surface area (Å²) in [5.41, 5.74) is 0.626. The molecule has 104 valence electrons. The highest BCUT2D eigenvalue weighted by atomic mass is 79.9. The Morgan fingerprint density at radius 2 is 1.89 bits per heavy atom. The molecule has 1 spiro atoms. The van der Waals surface area contributed by atoms with Crippen LogP contribution in [0.15, 0.2) is 0 Å². The Morgan fingerprint density at radius 1 is 1.06 bits per heavy atom. The van der Waals surface area contributed by atoms with Gasteiger partial charge >= 0.3 is 0 Å². The van der Waals surface area contributed by atoms with Crippen molar-refractivity contribution in [3.8, 4) is 0 Å². The number of hydrogen-bond donors (Lipinski definition) is 0. The van der Waals surface area contributed by atoms with E-state index < -0.39 is 0 Å². The molecule has 0 bridgehead atoms. The number of halogens is 1. The van der Waals surface area contributed by atoms with Gasteiger partial charge in [-0.05, 0) is 38.5 Å². The molecule has 3 rings (SSSR count). The van der Waals surface area contributed by atoms with Crippen LogP contribution in [0.25, 0.3) is 0 Å². The number of ether oxygens (including phenoxy) is 2. The van der Waals surface area contributed by atoms with Crippen molar-refractivity contribution in [3.05, 3.63) is 0 Å². The normalized spacial score (nSPS) is 39.5. The van der Waals surface area contributed by atoms with Crippen LogP contribution in [0.5, 0.6) is 0 Å². The average Bonchev–Trinajstić information content (AvgIpc) is 3.00. The topological polar surface area (TPSA) is 18.5 Å². The summed E-state index contributed by atoms with van der Waals surface area (Å²) < 4.78 is 12.1. The molecule has 2 saturated heterocycles. The van der Waals surface area contributed by atoms with Crippen molar-refractivity contribution in [2.24, 2.45) is 5.41 Å². The lowest BCUT2D eigenvalue weighted by atomic mass is 9.81. The number of hydrogen-bond acceptors (Lipinski definition) is 2. The molecule has 0 radical (unpaired) electrons. The molecule has 2 atom stereocenters. The molecule has 0 aromatic heterocycles. The summed E-state index contributed by atoms with van der Waals surface area (Å²) >= 11 is 3.69. The molecule has 1 aliphatic carbocycles. The third kappa shape index (κ3) is 2.64. The van der Waals surface area contributed by atoms with E-state index in [-0.39, 0.29) is 5.60 Å². The predicted molar refractivity (Wildman–Crippen MR) is 76.2 cm³/mol. The van der Waals surface area contributed by atoms with Gasteiger partial charge in [-0.3, -0.25) is 0 Å². The highest BCUT2D eigenvalue weighted by Crippen LogP contribution is 2.46. The van der Waals surface area contributed by atoms with Crippen molar-refractivity contribution in [2.45, 2.75) is 69.5 Å². The van der Waals surface area contributed by atoms with Crippen molar-refractivity contribution in [2.75, 3.05) is 18.5 Å². The first-order valence-electron chi connectivity index (χ1n) is 7.58. The molecule has 0 N–H and O–H groups in total. The van der Waals surface area contributed by atoms with Gasteiger partial charge in [0.25, 0.3) is 0 Å². The Labute approximate surface area is 119 Å². The van der Waals surface area contributed by atoms with Gasteiger partial charge in [0.15, 0.2) is 0 Å². The van der Waals surface area contributed by atoms with E-state index in [1.165, 1.54) is 57.8 Å². The van der Waals surface area contributed by atoms with Gasteiger partial charge in [-0.1, -0.05) is 35.2 Å². The SMILES string of the molecule is BrCC1(CC2CCC3(CCCCC3)O2)CCOC1. The predicted octanol–water partition coefficient (Wildman–Crippen LogP) is 4.06. The summed E-state index contributed by atoms with van der Waals surface area (Å²) in [6, 6.07) is 0. The molecule has 2 heterocycles. The van der Waals surface area contributed by atoms with Crippen LogP contribution in [-0.2, 0) is 9.47 Å². The van der Waals surface area contributed by atoms with Gasteiger partial charge < -0.3 is 9.47 Å². The van der Waals surface area contributed by atoms with Gasteiger partial charge in [-0.15, -0.1) is 0 Å². The zero-order valence-electron chi connectivity index (χ0n) is 11.3. The molecule has 3 aliphatic rings. The summed E-state index contributed by atoms with van der Waals surface area (Å²) in [7, 11) is 0. The van der Waals surface area contributed by atoms with E-state index in [9.17, 15) is 0 Å². The highest BCUT2D eigenvalue weighted by molar-refractivity contribution is 9.09. The third-order valence-electron chi connectivity index (χ3n) is 5.23. The van der Waals surface area contributed by atoms with Crippen molar-refractivity contribution in [1.29, 1.82) is 0 Å². The van der Waals surface area contributed by atoms with E-state index in [0.29, 0.717) is 11.5 Å². The van der Waals surface area contributed by atoms with Crippen LogP contribution < -0.4 is 0 Å². The maximum atomic E-state index is 6.50. The molecular weight excluding hydrogens is 292 g/mol. The first-order valence-corrected chi connectivity index (χ1v) is 8.70. The molecule has 0 aromatic rings. The second-order valence-electron chi connectivity index (χ2n) is 6.66. The molecule has 2 unspecified atom stereocenters. The second-order valence-corrected chi connectivity index (χ2v) is 7.22. The van der Waals surface area contributed by atoms with Crippen molar-refractivity contribution in [3.63, 3.8) is 0 Å². The van der Waals surface area contributed by atoms with Crippen molar-refractivity contribution < 1.29 is 9.47 Å². The number of alkyl halides is 1. The minimum atomic E-state index is 0.274. The molecule has 3 heteroatoms.